The van der Waals surface area contributed by atoms with Crippen molar-refractivity contribution in [3.8, 4) is 0 Å². The van der Waals surface area contributed by atoms with E-state index in [9.17, 15) is 14.4 Å². The number of unbranched alkanes of at least 4 members (excludes halogenated alkanes) is 18. The van der Waals surface area contributed by atoms with Gasteiger partial charge < -0.3 is 28.6 Å². The molecule has 0 aromatic carbocycles. The number of carbonyl (C=O) groups excluding carboxylic acids is 3. The number of hydrogen-bond acceptors (Lipinski definition) is 9. The lowest BCUT2D eigenvalue weighted by Gasteiger charge is -2.57. The molecule has 0 aliphatic heterocycles. The summed E-state index contributed by atoms with van der Waals surface area (Å²) < 4.78 is 30.9. The van der Waals surface area contributed by atoms with Gasteiger partial charge in [-0.15, -0.1) is 0 Å². The van der Waals surface area contributed by atoms with Gasteiger partial charge in [-0.1, -0.05) is 169 Å². The van der Waals surface area contributed by atoms with Crippen LogP contribution in [0.1, 0.15) is 260 Å². The zero-order valence-electron chi connectivity index (χ0n) is 46.2. The van der Waals surface area contributed by atoms with Gasteiger partial charge in [-0.3, -0.25) is 14.4 Å². The fraction of sp³-hybridized carbons (Fsp3) is 0.883. The van der Waals surface area contributed by atoms with Crippen molar-refractivity contribution in [1.29, 1.82) is 0 Å². The highest BCUT2D eigenvalue weighted by atomic mass is 16.7. The average Bonchev–Trinajstić information content (AvgIpc) is 3.32. The Morgan fingerprint density at radius 3 is 1.48 bits per heavy atom. The molecule has 4 unspecified atom stereocenters. The number of esters is 3. The van der Waals surface area contributed by atoms with Crippen molar-refractivity contribution < 1.29 is 38.1 Å². The van der Waals surface area contributed by atoms with Crippen molar-refractivity contribution in [3.05, 3.63) is 24.3 Å². The quantitative estimate of drug-likeness (QED) is 0.0194. The predicted octanol–water partition coefficient (Wildman–Crippen LogP) is 16.0. The lowest BCUT2D eigenvalue weighted by atomic mass is 9.49. The highest BCUT2D eigenvalue weighted by Gasteiger charge is 2.55. The summed E-state index contributed by atoms with van der Waals surface area (Å²) in [6.07, 6.45) is 42.6. The van der Waals surface area contributed by atoms with E-state index in [1.807, 2.05) is 0 Å². The summed E-state index contributed by atoms with van der Waals surface area (Å²) in [7, 11) is 0. The Morgan fingerprint density at radius 1 is 0.507 bits per heavy atom. The van der Waals surface area contributed by atoms with E-state index in [1.54, 1.807) is 0 Å². The number of nitrogens with zero attached hydrogens (tertiary/aromatic N) is 1. The van der Waals surface area contributed by atoms with E-state index in [2.05, 4.69) is 77.7 Å². The normalized spacial score (nSPS) is 21.5. The molecular formula is C60H109NO8. The van der Waals surface area contributed by atoms with E-state index in [1.165, 1.54) is 89.9 Å². The Labute approximate surface area is 425 Å². The largest absolute Gasteiger partial charge is 0.465 e. The second kappa shape index (κ2) is 39.3. The summed E-state index contributed by atoms with van der Waals surface area (Å²) in [6.45, 7) is 20.7. The number of fused-ring (bicyclic) bond motifs is 2. The first-order valence-corrected chi connectivity index (χ1v) is 29.2. The molecule has 2 bridgehead atoms. The second-order valence-electron chi connectivity index (χ2n) is 22.3. The minimum atomic E-state index is -0.413. The predicted molar refractivity (Wildman–Crippen MR) is 286 cm³/mol. The second-order valence-corrected chi connectivity index (χ2v) is 22.3. The van der Waals surface area contributed by atoms with Gasteiger partial charge in [0.15, 0.2) is 6.29 Å². The van der Waals surface area contributed by atoms with Gasteiger partial charge in [-0.2, -0.15) is 0 Å². The molecule has 402 valence electrons. The highest BCUT2D eigenvalue weighted by Crippen LogP contribution is 2.60. The van der Waals surface area contributed by atoms with E-state index in [0.717, 1.165) is 116 Å². The molecule has 2 aliphatic carbocycles. The molecule has 9 heteroatoms. The van der Waals surface area contributed by atoms with Crippen LogP contribution in [0, 0.1) is 22.2 Å². The molecule has 69 heavy (non-hydrogen) atoms. The third kappa shape index (κ3) is 31.1. The average molecular weight is 973 g/mol. The third-order valence-corrected chi connectivity index (χ3v) is 14.9. The Morgan fingerprint density at radius 2 is 0.942 bits per heavy atom. The highest BCUT2D eigenvalue weighted by molar-refractivity contribution is 5.70. The summed E-state index contributed by atoms with van der Waals surface area (Å²) in [6, 6.07) is 0. The van der Waals surface area contributed by atoms with Crippen LogP contribution >= 0.6 is 0 Å². The van der Waals surface area contributed by atoms with Crippen molar-refractivity contribution in [2.75, 3.05) is 52.7 Å². The van der Waals surface area contributed by atoms with Crippen LogP contribution in [0.15, 0.2) is 24.3 Å². The van der Waals surface area contributed by atoms with E-state index < -0.39 is 6.29 Å². The van der Waals surface area contributed by atoms with Crippen LogP contribution in [-0.4, -0.2) is 81.8 Å². The Kier molecular flexibility index (Phi) is 35.8. The molecular weight excluding hydrogens is 863 g/mol. The van der Waals surface area contributed by atoms with Crippen molar-refractivity contribution in [1.82, 2.24) is 4.90 Å². The maximum absolute atomic E-state index is 13.6. The van der Waals surface area contributed by atoms with Crippen LogP contribution in [-0.2, 0) is 38.1 Å². The van der Waals surface area contributed by atoms with Crippen molar-refractivity contribution >= 4 is 17.9 Å². The molecule has 2 fully saturated rings. The van der Waals surface area contributed by atoms with Gasteiger partial charge in [0.1, 0.15) is 0 Å². The molecule has 2 rings (SSSR count). The van der Waals surface area contributed by atoms with Crippen LogP contribution in [0.4, 0.5) is 0 Å². The molecule has 9 nitrogen and oxygen atoms in total. The summed E-state index contributed by atoms with van der Waals surface area (Å²) >= 11 is 0. The number of carbonyl (C=O) groups is 3. The molecule has 2 saturated carbocycles. The molecule has 0 amide bonds. The van der Waals surface area contributed by atoms with Gasteiger partial charge in [0, 0.05) is 48.7 Å². The number of ether oxygens (including phenoxy) is 5. The molecule has 0 N–H and O–H groups in total. The topological polar surface area (TPSA) is 101 Å². The SMILES string of the molecule is CCCCC/C=C\C/C=C\CCCCCCCC(=O)OCC1(C)CC2CC(C)(COC(=O)CCCN(CC)CC)CC(COC(=O)CCC(OCCCCCCCC)OCCCCCCCC)(C2)C1. The fourth-order valence-corrected chi connectivity index (χ4v) is 11.4. The van der Waals surface area contributed by atoms with Gasteiger partial charge in [0.05, 0.1) is 26.2 Å². The smallest absolute Gasteiger partial charge is 0.305 e. The molecule has 0 aromatic rings. The molecule has 0 radical (unpaired) electrons. The standard InChI is InChI=1S/C60H109NO8/c1-8-13-16-19-22-23-24-25-26-27-28-29-30-31-34-38-54(62)67-50-58(6)45-53-46-59(7,51-68-55(63)39-37-42-61(11-4)12-5)49-60(47-53,48-58)52-69-56(64)40-41-57(65-43-35-32-20-17-14-9-2)66-44-36-33-21-18-15-10-3/h22-23,25-26,53,57H,8-21,24,27-52H2,1-7H3/b23-22-,26-25-. The molecule has 0 aromatic heterocycles. The summed E-state index contributed by atoms with van der Waals surface area (Å²) in [5.74, 6) is -0.117. The molecule has 4 atom stereocenters. The van der Waals surface area contributed by atoms with Crippen molar-refractivity contribution in [2.24, 2.45) is 22.2 Å². The first-order valence-electron chi connectivity index (χ1n) is 29.2. The molecule has 0 saturated heterocycles. The minimum absolute atomic E-state index is 0.108. The van der Waals surface area contributed by atoms with E-state index in [-0.39, 0.29) is 40.6 Å². The van der Waals surface area contributed by atoms with E-state index in [4.69, 9.17) is 23.7 Å². The van der Waals surface area contributed by atoms with Gasteiger partial charge in [0.25, 0.3) is 0 Å². The van der Waals surface area contributed by atoms with Crippen LogP contribution in [0.2, 0.25) is 0 Å². The van der Waals surface area contributed by atoms with Gasteiger partial charge in [-0.25, -0.2) is 0 Å². The van der Waals surface area contributed by atoms with Gasteiger partial charge in [0.2, 0.25) is 0 Å². The number of allylic oxidation sites excluding steroid dienone is 4. The van der Waals surface area contributed by atoms with Crippen LogP contribution in [0.25, 0.3) is 0 Å². The summed E-state index contributed by atoms with van der Waals surface area (Å²) in [4.78, 5) is 42.1. The van der Waals surface area contributed by atoms with E-state index >= 15 is 0 Å². The van der Waals surface area contributed by atoms with Crippen LogP contribution in [0.3, 0.4) is 0 Å². The molecule has 0 spiro atoms. The number of rotatable bonds is 45. The van der Waals surface area contributed by atoms with Gasteiger partial charge >= 0.3 is 17.9 Å². The van der Waals surface area contributed by atoms with Crippen LogP contribution in [0.5, 0.6) is 0 Å². The zero-order chi connectivity index (χ0) is 50.3. The zero-order valence-corrected chi connectivity index (χ0v) is 46.2. The minimum Gasteiger partial charge on any atom is -0.465 e. The fourth-order valence-electron chi connectivity index (χ4n) is 11.4. The van der Waals surface area contributed by atoms with Crippen LogP contribution < -0.4 is 0 Å². The first kappa shape index (κ1) is 62.9. The third-order valence-electron chi connectivity index (χ3n) is 14.9. The Bertz CT molecular complexity index is 1350. The lowest BCUT2D eigenvalue weighted by Crippen LogP contribution is -2.52. The van der Waals surface area contributed by atoms with Gasteiger partial charge in [-0.05, 0) is 115 Å². The number of hydrogen-bond donors (Lipinski definition) is 0. The van der Waals surface area contributed by atoms with E-state index in [0.29, 0.717) is 58.2 Å². The molecule has 0 heterocycles. The summed E-state index contributed by atoms with van der Waals surface area (Å²) in [5.41, 5.74) is -0.765. The Hall–Kier alpha value is -2.23. The Balaban J connectivity index is 1.98. The lowest BCUT2D eigenvalue weighted by molar-refractivity contribution is -0.172. The first-order chi connectivity index (χ1) is 33.4. The monoisotopic (exact) mass is 972 g/mol. The van der Waals surface area contributed by atoms with Crippen molar-refractivity contribution in [2.45, 2.75) is 267 Å². The molecule has 2 aliphatic rings. The van der Waals surface area contributed by atoms with Crippen molar-refractivity contribution in [3.63, 3.8) is 0 Å². The summed E-state index contributed by atoms with van der Waals surface area (Å²) in [5, 5.41) is 0. The maximum Gasteiger partial charge on any atom is 0.305 e. The maximum atomic E-state index is 13.6.